The number of fused-ring (bicyclic) bond motifs is 1. The monoisotopic (exact) mass is 247 g/mol. The lowest BCUT2D eigenvalue weighted by atomic mass is 10.2. The third-order valence-corrected chi connectivity index (χ3v) is 2.65. The van der Waals surface area contributed by atoms with Crippen molar-refractivity contribution in [2.75, 3.05) is 6.54 Å². The van der Waals surface area contributed by atoms with Crippen LogP contribution in [-0.4, -0.2) is 17.0 Å². The Morgan fingerprint density at radius 2 is 2.29 bits per heavy atom. The van der Waals surface area contributed by atoms with Gasteiger partial charge in [0.1, 0.15) is 13.1 Å². The van der Waals surface area contributed by atoms with E-state index in [9.17, 15) is 4.79 Å². The number of aromatic nitrogens is 1. The quantitative estimate of drug-likeness (QED) is 0.843. The van der Waals surface area contributed by atoms with Crippen LogP contribution >= 0.6 is 11.6 Å². The van der Waals surface area contributed by atoms with Gasteiger partial charge in [-0.05, 0) is 23.6 Å². The maximum Gasteiger partial charge on any atom is 0.240 e. The number of carbonyl (C=O) groups is 1. The fraction of sp³-hybridized carbons (Fsp3) is 0.167. The molecular weight excluding hydrogens is 238 g/mol. The lowest BCUT2D eigenvalue weighted by Crippen LogP contribution is -2.27. The molecule has 86 valence electrons. The summed E-state index contributed by atoms with van der Waals surface area (Å²) >= 11 is 5.91. The molecule has 0 aliphatic carbocycles. The molecule has 1 aromatic carbocycles. The summed E-state index contributed by atoms with van der Waals surface area (Å²) in [6, 6.07) is 9.31. The van der Waals surface area contributed by atoms with Crippen molar-refractivity contribution in [2.45, 2.75) is 6.54 Å². The average Bonchev–Trinajstić information content (AvgIpc) is 2.69. The highest BCUT2D eigenvalue weighted by Crippen LogP contribution is 2.20. The summed E-state index contributed by atoms with van der Waals surface area (Å²) in [5.41, 5.74) is 0.907. The molecule has 0 unspecified atom stereocenters. The van der Waals surface area contributed by atoms with Crippen LogP contribution in [0.5, 0.6) is 0 Å². The number of hydrogen-bond donors (Lipinski definition) is 1. The molecule has 0 aliphatic rings. The number of halogens is 1. The second-order valence-corrected chi connectivity index (χ2v) is 4.02. The molecule has 0 atom stereocenters. The standard InChI is InChI=1S/C12H10ClN3O/c13-10-2-1-9-3-6-16(11(9)7-10)8-12(17)15-5-4-14/h1-3,6-7H,5,8H2,(H,15,17). The Labute approximate surface area is 103 Å². The van der Waals surface area contributed by atoms with Gasteiger partial charge in [0.15, 0.2) is 0 Å². The van der Waals surface area contributed by atoms with Gasteiger partial charge in [-0.1, -0.05) is 17.7 Å². The third-order valence-electron chi connectivity index (χ3n) is 2.41. The normalized spacial score (nSPS) is 10.1. The van der Waals surface area contributed by atoms with Gasteiger partial charge in [0.25, 0.3) is 0 Å². The van der Waals surface area contributed by atoms with E-state index in [1.165, 1.54) is 0 Å². The molecule has 1 amide bonds. The van der Waals surface area contributed by atoms with Crippen LogP contribution in [0.3, 0.4) is 0 Å². The minimum absolute atomic E-state index is 0.0266. The molecule has 4 nitrogen and oxygen atoms in total. The fourth-order valence-corrected chi connectivity index (χ4v) is 1.81. The number of carbonyl (C=O) groups excluding carboxylic acids is 1. The zero-order valence-corrected chi connectivity index (χ0v) is 9.74. The Morgan fingerprint density at radius 3 is 3.06 bits per heavy atom. The first-order valence-electron chi connectivity index (χ1n) is 5.09. The number of nitriles is 1. The van der Waals surface area contributed by atoms with Crippen molar-refractivity contribution in [2.24, 2.45) is 0 Å². The molecule has 0 bridgehead atoms. The zero-order valence-electron chi connectivity index (χ0n) is 8.98. The van der Waals surface area contributed by atoms with E-state index in [1.807, 2.05) is 36.5 Å². The van der Waals surface area contributed by atoms with E-state index in [0.29, 0.717) is 5.02 Å². The van der Waals surface area contributed by atoms with Crippen LogP contribution in [-0.2, 0) is 11.3 Å². The Bertz CT molecular complexity index is 597. The van der Waals surface area contributed by atoms with Crippen LogP contribution in [0.25, 0.3) is 10.9 Å². The van der Waals surface area contributed by atoms with E-state index in [1.54, 1.807) is 4.57 Å². The number of hydrogen-bond acceptors (Lipinski definition) is 2. The van der Waals surface area contributed by atoms with Crippen molar-refractivity contribution in [3.05, 3.63) is 35.5 Å². The van der Waals surface area contributed by atoms with Crippen LogP contribution in [0.15, 0.2) is 30.5 Å². The Hall–Kier alpha value is -1.99. The van der Waals surface area contributed by atoms with Crippen LogP contribution < -0.4 is 5.32 Å². The van der Waals surface area contributed by atoms with Gasteiger partial charge in [-0.15, -0.1) is 0 Å². The van der Waals surface area contributed by atoms with E-state index in [-0.39, 0.29) is 19.0 Å². The highest BCUT2D eigenvalue weighted by molar-refractivity contribution is 6.31. The predicted molar refractivity (Wildman–Crippen MR) is 65.6 cm³/mol. The first kappa shape index (κ1) is 11.5. The molecule has 1 heterocycles. The summed E-state index contributed by atoms with van der Waals surface area (Å²) in [6.45, 7) is 0.213. The van der Waals surface area contributed by atoms with Crippen LogP contribution in [0, 0.1) is 11.3 Å². The van der Waals surface area contributed by atoms with Crippen molar-refractivity contribution >= 4 is 28.4 Å². The molecule has 2 rings (SSSR count). The Balaban J connectivity index is 2.22. The molecule has 0 spiro atoms. The lowest BCUT2D eigenvalue weighted by molar-refractivity contribution is -0.121. The molecule has 1 aromatic heterocycles. The third kappa shape index (κ3) is 2.58. The number of nitrogens with one attached hydrogen (secondary N) is 1. The minimum Gasteiger partial charge on any atom is -0.341 e. The second kappa shape index (κ2) is 4.89. The predicted octanol–water partition coefficient (Wildman–Crippen LogP) is 1.93. The lowest BCUT2D eigenvalue weighted by Gasteiger charge is -2.05. The Morgan fingerprint density at radius 1 is 1.47 bits per heavy atom. The molecule has 0 saturated heterocycles. The van der Waals surface area contributed by atoms with Gasteiger partial charge in [-0.25, -0.2) is 0 Å². The molecule has 0 aliphatic heterocycles. The number of nitrogens with zero attached hydrogens (tertiary/aromatic N) is 2. The summed E-state index contributed by atoms with van der Waals surface area (Å²) in [7, 11) is 0. The summed E-state index contributed by atoms with van der Waals surface area (Å²) in [4.78, 5) is 11.5. The Kier molecular flexibility index (Phi) is 3.31. The largest absolute Gasteiger partial charge is 0.341 e. The maximum atomic E-state index is 11.5. The van der Waals surface area contributed by atoms with Crippen molar-refractivity contribution in [1.29, 1.82) is 5.26 Å². The van der Waals surface area contributed by atoms with E-state index in [0.717, 1.165) is 10.9 Å². The van der Waals surface area contributed by atoms with Crippen molar-refractivity contribution < 1.29 is 4.79 Å². The number of rotatable bonds is 3. The van der Waals surface area contributed by atoms with Gasteiger partial charge in [0, 0.05) is 16.7 Å². The highest BCUT2D eigenvalue weighted by Gasteiger charge is 2.05. The molecular formula is C12H10ClN3O. The summed E-state index contributed by atoms with van der Waals surface area (Å²) in [5, 5.41) is 12.5. The van der Waals surface area contributed by atoms with E-state index >= 15 is 0 Å². The summed E-state index contributed by atoms with van der Waals surface area (Å²) in [5.74, 6) is -0.191. The SMILES string of the molecule is N#CCNC(=O)Cn1ccc2ccc(Cl)cc21. The first-order valence-corrected chi connectivity index (χ1v) is 5.46. The van der Waals surface area contributed by atoms with Gasteiger partial charge in [0.05, 0.1) is 6.07 Å². The van der Waals surface area contributed by atoms with E-state index < -0.39 is 0 Å². The van der Waals surface area contributed by atoms with Gasteiger partial charge >= 0.3 is 0 Å². The molecule has 0 fully saturated rings. The average molecular weight is 248 g/mol. The van der Waals surface area contributed by atoms with Crippen LogP contribution in [0.1, 0.15) is 0 Å². The molecule has 5 heteroatoms. The summed E-state index contributed by atoms with van der Waals surface area (Å²) < 4.78 is 1.80. The molecule has 2 aromatic rings. The topological polar surface area (TPSA) is 57.8 Å². The van der Waals surface area contributed by atoms with Crippen LogP contribution in [0.4, 0.5) is 0 Å². The van der Waals surface area contributed by atoms with Gasteiger partial charge in [-0.3, -0.25) is 4.79 Å². The first-order chi connectivity index (χ1) is 8.20. The van der Waals surface area contributed by atoms with Gasteiger partial charge in [0.2, 0.25) is 5.91 Å². The van der Waals surface area contributed by atoms with Crippen molar-refractivity contribution in [3.8, 4) is 6.07 Å². The van der Waals surface area contributed by atoms with Gasteiger partial charge < -0.3 is 9.88 Å². The summed E-state index contributed by atoms with van der Waals surface area (Å²) in [6.07, 6.45) is 1.83. The molecule has 0 saturated carbocycles. The fourth-order valence-electron chi connectivity index (χ4n) is 1.64. The van der Waals surface area contributed by atoms with Crippen LogP contribution in [0.2, 0.25) is 5.02 Å². The highest BCUT2D eigenvalue weighted by atomic mass is 35.5. The second-order valence-electron chi connectivity index (χ2n) is 3.58. The molecule has 17 heavy (non-hydrogen) atoms. The van der Waals surface area contributed by atoms with Gasteiger partial charge in [-0.2, -0.15) is 5.26 Å². The minimum atomic E-state index is -0.191. The molecule has 1 N–H and O–H groups in total. The van der Waals surface area contributed by atoms with E-state index in [2.05, 4.69) is 5.32 Å². The zero-order chi connectivity index (χ0) is 12.3. The smallest absolute Gasteiger partial charge is 0.240 e. The van der Waals surface area contributed by atoms with Crippen molar-refractivity contribution in [3.63, 3.8) is 0 Å². The van der Waals surface area contributed by atoms with E-state index in [4.69, 9.17) is 16.9 Å². The van der Waals surface area contributed by atoms with Crippen molar-refractivity contribution in [1.82, 2.24) is 9.88 Å². The molecule has 0 radical (unpaired) electrons. The number of benzene rings is 1. The maximum absolute atomic E-state index is 11.5. The number of amides is 1.